The Labute approximate surface area is 158 Å². The second-order valence-electron chi connectivity index (χ2n) is 6.35. The monoisotopic (exact) mass is 393 g/mol. The summed E-state index contributed by atoms with van der Waals surface area (Å²) in [5.41, 5.74) is 0.608. The maximum atomic E-state index is 13.6. The molecule has 0 saturated heterocycles. The van der Waals surface area contributed by atoms with Crippen molar-refractivity contribution in [3.05, 3.63) is 59.4 Å². The Kier molecular flexibility index (Phi) is 5.76. The maximum absolute atomic E-state index is 13.6. The molecule has 0 unspecified atom stereocenters. The van der Waals surface area contributed by atoms with Gasteiger partial charge in [0.05, 0.1) is 10.2 Å². The van der Waals surface area contributed by atoms with E-state index in [0.29, 0.717) is 28.3 Å². The molecule has 3 aromatic rings. The molecule has 0 spiro atoms. The summed E-state index contributed by atoms with van der Waals surface area (Å²) in [5.74, 6) is -2.96. The van der Waals surface area contributed by atoms with Gasteiger partial charge in [-0.3, -0.25) is 9.69 Å². The third-order valence-corrected chi connectivity index (χ3v) is 5.01. The zero-order valence-electron chi connectivity index (χ0n) is 14.9. The zero-order chi connectivity index (χ0) is 19.6. The SMILES string of the molecule is CN(C)CCCN(C(=O)c1ccc(F)c(F)c1)c1nc2ccc(F)cc2s1. The van der Waals surface area contributed by atoms with E-state index >= 15 is 0 Å². The van der Waals surface area contributed by atoms with Crippen LogP contribution < -0.4 is 4.90 Å². The van der Waals surface area contributed by atoms with Gasteiger partial charge in [0.1, 0.15) is 5.82 Å². The first-order valence-electron chi connectivity index (χ1n) is 8.33. The van der Waals surface area contributed by atoms with Crippen LogP contribution >= 0.6 is 11.3 Å². The number of rotatable bonds is 6. The third-order valence-electron chi connectivity index (χ3n) is 3.97. The summed E-state index contributed by atoms with van der Waals surface area (Å²) in [6.45, 7) is 1.08. The van der Waals surface area contributed by atoms with E-state index in [1.54, 1.807) is 6.07 Å². The summed E-state index contributed by atoms with van der Waals surface area (Å²) in [6.07, 6.45) is 0.659. The molecule has 27 heavy (non-hydrogen) atoms. The van der Waals surface area contributed by atoms with Crippen LogP contribution in [-0.4, -0.2) is 43.0 Å². The second kappa shape index (κ2) is 8.06. The number of carbonyl (C=O) groups is 1. The first-order valence-corrected chi connectivity index (χ1v) is 9.14. The number of hydrogen-bond acceptors (Lipinski definition) is 4. The standard InChI is InChI=1S/C19H18F3N3OS/c1-24(2)8-3-9-25(18(26)12-4-6-14(21)15(22)10-12)19-23-16-7-5-13(20)11-17(16)27-19/h4-7,10-11H,3,8-9H2,1-2H3. The Bertz CT molecular complexity index is 974. The molecule has 2 aromatic carbocycles. The van der Waals surface area contributed by atoms with Crippen molar-refractivity contribution < 1.29 is 18.0 Å². The average molecular weight is 393 g/mol. The van der Waals surface area contributed by atoms with Crippen LogP contribution in [0.4, 0.5) is 18.3 Å². The predicted octanol–water partition coefficient (Wildman–Crippen LogP) is 4.31. The van der Waals surface area contributed by atoms with Gasteiger partial charge >= 0.3 is 0 Å². The van der Waals surface area contributed by atoms with Crippen LogP contribution in [0.25, 0.3) is 10.2 Å². The highest BCUT2D eigenvalue weighted by Crippen LogP contribution is 2.30. The molecule has 0 fully saturated rings. The molecule has 0 aliphatic rings. The maximum Gasteiger partial charge on any atom is 0.260 e. The Hall–Kier alpha value is -2.45. The van der Waals surface area contributed by atoms with Crippen molar-refractivity contribution in [1.29, 1.82) is 0 Å². The van der Waals surface area contributed by atoms with Gasteiger partial charge in [0.15, 0.2) is 16.8 Å². The number of aromatic nitrogens is 1. The number of thiazole rings is 1. The van der Waals surface area contributed by atoms with Crippen LogP contribution in [0.2, 0.25) is 0 Å². The molecular weight excluding hydrogens is 375 g/mol. The Balaban J connectivity index is 1.95. The molecule has 0 saturated carbocycles. The van der Waals surface area contributed by atoms with Crippen molar-refractivity contribution in [3.8, 4) is 0 Å². The summed E-state index contributed by atoms with van der Waals surface area (Å²) in [4.78, 5) is 20.8. The van der Waals surface area contributed by atoms with Gasteiger partial charge in [-0.05, 0) is 63.5 Å². The van der Waals surface area contributed by atoms with Gasteiger partial charge in [0.25, 0.3) is 5.91 Å². The first kappa shape index (κ1) is 19.3. The zero-order valence-corrected chi connectivity index (χ0v) is 15.7. The number of nitrogens with zero attached hydrogens (tertiary/aromatic N) is 3. The first-order chi connectivity index (χ1) is 12.8. The molecule has 142 valence electrons. The summed E-state index contributed by atoms with van der Waals surface area (Å²) in [6, 6.07) is 7.26. The lowest BCUT2D eigenvalue weighted by Gasteiger charge is -2.21. The fourth-order valence-corrected chi connectivity index (χ4v) is 3.63. The lowest BCUT2D eigenvalue weighted by Crippen LogP contribution is -2.33. The van der Waals surface area contributed by atoms with Crippen molar-refractivity contribution in [1.82, 2.24) is 9.88 Å². The molecule has 8 heteroatoms. The van der Waals surface area contributed by atoms with E-state index in [4.69, 9.17) is 0 Å². The van der Waals surface area contributed by atoms with Gasteiger partial charge in [-0.25, -0.2) is 18.2 Å². The summed E-state index contributed by atoms with van der Waals surface area (Å²) in [5, 5.41) is 0.393. The van der Waals surface area contributed by atoms with Gasteiger partial charge in [-0.15, -0.1) is 0 Å². The Morgan fingerprint density at radius 3 is 2.52 bits per heavy atom. The minimum atomic E-state index is -1.08. The van der Waals surface area contributed by atoms with Crippen LogP contribution in [0.1, 0.15) is 16.8 Å². The van der Waals surface area contributed by atoms with E-state index in [0.717, 1.165) is 18.7 Å². The van der Waals surface area contributed by atoms with Crippen LogP contribution in [0, 0.1) is 17.5 Å². The molecule has 0 N–H and O–H groups in total. The van der Waals surface area contributed by atoms with Crippen LogP contribution in [0.3, 0.4) is 0 Å². The molecule has 0 radical (unpaired) electrons. The normalized spacial score (nSPS) is 11.3. The molecule has 3 rings (SSSR count). The average Bonchev–Trinajstić information content (AvgIpc) is 3.03. The van der Waals surface area contributed by atoms with Gasteiger partial charge in [-0.2, -0.15) is 0 Å². The fourth-order valence-electron chi connectivity index (χ4n) is 2.62. The molecule has 0 aliphatic heterocycles. The smallest absolute Gasteiger partial charge is 0.260 e. The molecular formula is C19H18F3N3OS. The predicted molar refractivity (Wildman–Crippen MR) is 101 cm³/mol. The van der Waals surface area contributed by atoms with Crippen molar-refractivity contribution in [2.75, 3.05) is 32.1 Å². The second-order valence-corrected chi connectivity index (χ2v) is 7.36. The number of fused-ring (bicyclic) bond motifs is 1. The minimum absolute atomic E-state index is 0.0317. The number of hydrogen-bond donors (Lipinski definition) is 0. The molecule has 0 atom stereocenters. The quantitative estimate of drug-likeness (QED) is 0.626. The van der Waals surface area contributed by atoms with Crippen molar-refractivity contribution >= 4 is 32.6 Å². The fraction of sp³-hybridized carbons (Fsp3) is 0.263. The summed E-state index contributed by atoms with van der Waals surface area (Å²) >= 11 is 1.18. The van der Waals surface area contributed by atoms with Crippen molar-refractivity contribution in [2.45, 2.75) is 6.42 Å². The summed E-state index contributed by atoms with van der Waals surface area (Å²) < 4.78 is 40.8. The number of anilines is 1. The van der Waals surface area contributed by atoms with Crippen LogP contribution in [0.15, 0.2) is 36.4 Å². The topological polar surface area (TPSA) is 36.4 Å². The van der Waals surface area contributed by atoms with Gasteiger partial charge < -0.3 is 4.90 Å². The number of carbonyl (C=O) groups excluding carboxylic acids is 1. The van der Waals surface area contributed by atoms with E-state index in [-0.39, 0.29) is 11.4 Å². The highest BCUT2D eigenvalue weighted by Gasteiger charge is 2.22. The molecule has 1 heterocycles. The van der Waals surface area contributed by atoms with Crippen molar-refractivity contribution in [2.24, 2.45) is 0 Å². The van der Waals surface area contributed by atoms with E-state index in [1.807, 2.05) is 19.0 Å². The van der Waals surface area contributed by atoms with Gasteiger partial charge in [-0.1, -0.05) is 11.3 Å². The van der Waals surface area contributed by atoms with Gasteiger partial charge in [0.2, 0.25) is 0 Å². The molecule has 1 amide bonds. The summed E-state index contributed by atoms with van der Waals surface area (Å²) in [7, 11) is 3.84. The molecule has 0 bridgehead atoms. The third kappa shape index (κ3) is 4.45. The Morgan fingerprint density at radius 2 is 1.81 bits per heavy atom. The van der Waals surface area contributed by atoms with E-state index < -0.39 is 17.5 Å². The number of amides is 1. The lowest BCUT2D eigenvalue weighted by atomic mass is 10.2. The van der Waals surface area contributed by atoms with Crippen molar-refractivity contribution in [3.63, 3.8) is 0 Å². The lowest BCUT2D eigenvalue weighted by molar-refractivity contribution is 0.0985. The highest BCUT2D eigenvalue weighted by molar-refractivity contribution is 7.22. The molecule has 0 aliphatic carbocycles. The molecule has 4 nitrogen and oxygen atoms in total. The van der Waals surface area contributed by atoms with Crippen LogP contribution in [-0.2, 0) is 0 Å². The Morgan fingerprint density at radius 1 is 1.04 bits per heavy atom. The number of benzene rings is 2. The van der Waals surface area contributed by atoms with E-state index in [1.165, 1.54) is 34.4 Å². The minimum Gasteiger partial charge on any atom is -0.309 e. The van der Waals surface area contributed by atoms with Crippen LogP contribution in [0.5, 0.6) is 0 Å². The van der Waals surface area contributed by atoms with E-state index in [2.05, 4.69) is 4.98 Å². The number of halogens is 3. The molecule has 1 aromatic heterocycles. The van der Waals surface area contributed by atoms with E-state index in [9.17, 15) is 18.0 Å². The highest BCUT2D eigenvalue weighted by atomic mass is 32.1. The largest absolute Gasteiger partial charge is 0.309 e. The van der Waals surface area contributed by atoms with Gasteiger partial charge in [0, 0.05) is 12.1 Å².